The van der Waals surface area contributed by atoms with Crippen molar-refractivity contribution in [2.24, 2.45) is 5.73 Å². The van der Waals surface area contributed by atoms with Crippen LogP contribution in [0.1, 0.15) is 12.0 Å². The highest BCUT2D eigenvalue weighted by Gasteiger charge is 2.18. The van der Waals surface area contributed by atoms with E-state index in [0.717, 1.165) is 26.1 Å². The zero-order chi connectivity index (χ0) is 10.8. The molecule has 0 amide bonds. The smallest absolute Gasteiger partial charge is 0.0595 e. The summed E-state index contributed by atoms with van der Waals surface area (Å²) < 4.78 is 0. The molecule has 1 fully saturated rings. The summed E-state index contributed by atoms with van der Waals surface area (Å²) in [5, 5.41) is 1.23. The Labute approximate surface area is 124 Å². The molecule has 1 aromatic rings. The van der Waals surface area contributed by atoms with Gasteiger partial charge in [-0.2, -0.15) is 0 Å². The van der Waals surface area contributed by atoms with Crippen molar-refractivity contribution in [3.8, 4) is 0 Å². The first-order valence-electron chi connectivity index (χ1n) is 5.07. The van der Waals surface area contributed by atoms with Crippen LogP contribution >= 0.6 is 48.0 Å². The van der Waals surface area contributed by atoms with Gasteiger partial charge in [-0.25, -0.2) is 0 Å². The van der Waals surface area contributed by atoms with E-state index in [-0.39, 0.29) is 24.8 Å². The van der Waals surface area contributed by atoms with Gasteiger partial charge in [0.2, 0.25) is 0 Å². The standard InChI is InChI=1S/C11H14Cl2N2.2ClH/c12-10-2-1-8(5-11(10)13)6-15-4-3-9(14)7-15;;/h1-2,5,9H,3-4,6-7,14H2;2*1H. The highest BCUT2D eigenvalue weighted by molar-refractivity contribution is 6.42. The number of nitrogens with two attached hydrogens (primary N) is 1. The third-order valence-electron chi connectivity index (χ3n) is 2.70. The molecule has 0 aromatic heterocycles. The van der Waals surface area contributed by atoms with Gasteiger partial charge in [0.25, 0.3) is 0 Å². The second-order valence-electron chi connectivity index (χ2n) is 4.03. The van der Waals surface area contributed by atoms with Crippen molar-refractivity contribution in [2.75, 3.05) is 13.1 Å². The lowest BCUT2D eigenvalue weighted by Gasteiger charge is -2.15. The lowest BCUT2D eigenvalue weighted by atomic mass is 10.2. The van der Waals surface area contributed by atoms with Crippen LogP contribution in [0.5, 0.6) is 0 Å². The number of hydrogen-bond donors (Lipinski definition) is 1. The predicted octanol–water partition coefficient (Wildman–Crippen LogP) is 3.37. The zero-order valence-corrected chi connectivity index (χ0v) is 12.4. The molecule has 1 aliphatic heterocycles. The van der Waals surface area contributed by atoms with Crippen LogP contribution < -0.4 is 5.73 Å². The second-order valence-corrected chi connectivity index (χ2v) is 4.85. The van der Waals surface area contributed by atoms with Crippen LogP contribution in [0.3, 0.4) is 0 Å². The summed E-state index contributed by atoms with van der Waals surface area (Å²) in [4.78, 5) is 2.34. The first-order chi connectivity index (χ1) is 7.15. The molecule has 2 N–H and O–H groups in total. The maximum Gasteiger partial charge on any atom is 0.0595 e. The van der Waals surface area contributed by atoms with Crippen molar-refractivity contribution in [3.05, 3.63) is 33.8 Å². The lowest BCUT2D eigenvalue weighted by molar-refractivity contribution is 0.327. The average molecular weight is 318 g/mol. The topological polar surface area (TPSA) is 29.3 Å². The molecular formula is C11H16Cl4N2. The van der Waals surface area contributed by atoms with E-state index in [4.69, 9.17) is 28.9 Å². The third kappa shape index (κ3) is 4.82. The molecule has 0 radical (unpaired) electrons. The monoisotopic (exact) mass is 316 g/mol. The van der Waals surface area contributed by atoms with Gasteiger partial charge in [-0.15, -0.1) is 24.8 Å². The van der Waals surface area contributed by atoms with E-state index in [2.05, 4.69) is 4.90 Å². The van der Waals surface area contributed by atoms with Crippen LogP contribution in [0.25, 0.3) is 0 Å². The summed E-state index contributed by atoms with van der Waals surface area (Å²) in [5.41, 5.74) is 7.04. The van der Waals surface area contributed by atoms with E-state index in [1.54, 1.807) is 0 Å². The SMILES string of the molecule is Cl.Cl.NC1CCN(Cc2ccc(Cl)c(Cl)c2)C1. The Bertz CT molecular complexity index is 359. The third-order valence-corrected chi connectivity index (χ3v) is 3.44. The molecule has 1 atom stereocenters. The van der Waals surface area contributed by atoms with Gasteiger partial charge in [0, 0.05) is 25.7 Å². The molecule has 6 heteroatoms. The average Bonchev–Trinajstić information content (AvgIpc) is 2.58. The number of benzene rings is 1. The summed E-state index contributed by atoms with van der Waals surface area (Å²) in [6.45, 7) is 2.95. The molecule has 98 valence electrons. The second kappa shape index (κ2) is 7.67. The Morgan fingerprint density at radius 1 is 1.24 bits per heavy atom. The number of halogens is 4. The van der Waals surface area contributed by atoms with E-state index >= 15 is 0 Å². The molecule has 2 nitrogen and oxygen atoms in total. The minimum absolute atomic E-state index is 0. The zero-order valence-electron chi connectivity index (χ0n) is 9.23. The van der Waals surface area contributed by atoms with Crippen LogP contribution in [-0.2, 0) is 6.54 Å². The molecule has 0 saturated carbocycles. The van der Waals surface area contributed by atoms with Crippen LogP contribution in [-0.4, -0.2) is 24.0 Å². The molecule has 2 rings (SSSR count). The Balaban J connectivity index is 0.00000128. The molecular weight excluding hydrogens is 302 g/mol. The minimum atomic E-state index is 0. The summed E-state index contributed by atoms with van der Waals surface area (Å²) in [6.07, 6.45) is 1.08. The van der Waals surface area contributed by atoms with E-state index in [1.165, 1.54) is 5.56 Å². The van der Waals surface area contributed by atoms with Crippen LogP contribution in [0.4, 0.5) is 0 Å². The Morgan fingerprint density at radius 3 is 2.47 bits per heavy atom. The van der Waals surface area contributed by atoms with Crippen molar-refractivity contribution in [1.29, 1.82) is 0 Å². The first-order valence-corrected chi connectivity index (χ1v) is 5.82. The van der Waals surface area contributed by atoms with Crippen molar-refractivity contribution < 1.29 is 0 Å². The largest absolute Gasteiger partial charge is 0.326 e. The minimum Gasteiger partial charge on any atom is -0.326 e. The molecule has 1 saturated heterocycles. The molecule has 0 bridgehead atoms. The normalized spacial score (nSPS) is 19.6. The summed E-state index contributed by atoms with van der Waals surface area (Å²) in [7, 11) is 0. The van der Waals surface area contributed by atoms with Gasteiger partial charge in [-0.3, -0.25) is 4.90 Å². The highest BCUT2D eigenvalue weighted by Crippen LogP contribution is 2.23. The molecule has 1 aromatic carbocycles. The van der Waals surface area contributed by atoms with Gasteiger partial charge in [0.05, 0.1) is 10.0 Å². The summed E-state index contributed by atoms with van der Waals surface area (Å²) >= 11 is 11.8. The Kier molecular flexibility index (Phi) is 7.81. The fourth-order valence-electron chi connectivity index (χ4n) is 1.90. The van der Waals surface area contributed by atoms with Gasteiger partial charge in [0.1, 0.15) is 0 Å². The quantitative estimate of drug-likeness (QED) is 0.906. The highest BCUT2D eigenvalue weighted by atomic mass is 35.5. The predicted molar refractivity (Wildman–Crippen MR) is 78.8 cm³/mol. The van der Waals surface area contributed by atoms with Crippen molar-refractivity contribution in [1.82, 2.24) is 4.90 Å². The fraction of sp³-hybridized carbons (Fsp3) is 0.455. The number of rotatable bonds is 2. The van der Waals surface area contributed by atoms with Crippen LogP contribution in [0.2, 0.25) is 10.0 Å². The van der Waals surface area contributed by atoms with Crippen molar-refractivity contribution in [2.45, 2.75) is 19.0 Å². The van der Waals surface area contributed by atoms with Crippen molar-refractivity contribution >= 4 is 48.0 Å². The first kappa shape index (κ1) is 17.3. The van der Waals surface area contributed by atoms with Gasteiger partial charge in [0.15, 0.2) is 0 Å². The number of nitrogens with zero attached hydrogens (tertiary/aromatic N) is 1. The number of hydrogen-bond acceptors (Lipinski definition) is 2. The van der Waals surface area contributed by atoms with Gasteiger partial charge >= 0.3 is 0 Å². The Hall–Kier alpha value is 0.300. The van der Waals surface area contributed by atoms with E-state index < -0.39 is 0 Å². The molecule has 17 heavy (non-hydrogen) atoms. The van der Waals surface area contributed by atoms with E-state index in [9.17, 15) is 0 Å². The lowest BCUT2D eigenvalue weighted by Crippen LogP contribution is -2.26. The van der Waals surface area contributed by atoms with E-state index in [1.807, 2.05) is 18.2 Å². The molecule has 1 aliphatic rings. The molecule has 1 unspecified atom stereocenters. The Morgan fingerprint density at radius 2 is 1.94 bits per heavy atom. The molecule has 0 aliphatic carbocycles. The van der Waals surface area contributed by atoms with Gasteiger partial charge < -0.3 is 5.73 Å². The van der Waals surface area contributed by atoms with Crippen LogP contribution in [0, 0.1) is 0 Å². The summed E-state index contributed by atoms with van der Waals surface area (Å²) in [5.74, 6) is 0. The fourth-order valence-corrected chi connectivity index (χ4v) is 2.22. The number of likely N-dealkylation sites (tertiary alicyclic amines) is 1. The van der Waals surface area contributed by atoms with Gasteiger partial charge in [-0.05, 0) is 24.1 Å². The van der Waals surface area contributed by atoms with Gasteiger partial charge in [-0.1, -0.05) is 29.3 Å². The maximum atomic E-state index is 5.95. The van der Waals surface area contributed by atoms with E-state index in [0.29, 0.717) is 16.1 Å². The van der Waals surface area contributed by atoms with Crippen LogP contribution in [0.15, 0.2) is 18.2 Å². The van der Waals surface area contributed by atoms with Crippen molar-refractivity contribution in [3.63, 3.8) is 0 Å². The molecule has 0 spiro atoms. The molecule has 1 heterocycles. The maximum absolute atomic E-state index is 5.95. The summed E-state index contributed by atoms with van der Waals surface area (Å²) in [6, 6.07) is 6.11.